The molecule has 154 valence electrons. The van der Waals surface area contributed by atoms with E-state index in [1.807, 2.05) is 35.6 Å². The third-order valence-corrected chi connectivity index (χ3v) is 10.5. The Hall–Kier alpha value is -0.483. The van der Waals surface area contributed by atoms with Crippen molar-refractivity contribution in [1.29, 1.82) is 0 Å². The van der Waals surface area contributed by atoms with E-state index in [-0.39, 0.29) is 18.5 Å². The fourth-order valence-corrected chi connectivity index (χ4v) is 6.77. The molecule has 0 bridgehead atoms. The van der Waals surface area contributed by atoms with Gasteiger partial charge < -0.3 is 19.4 Å². The van der Waals surface area contributed by atoms with Crippen LogP contribution < -0.4 is 0 Å². The summed E-state index contributed by atoms with van der Waals surface area (Å²) in [6.45, 7) is 8.27. The quantitative estimate of drug-likeness (QED) is 0.189. The lowest BCUT2D eigenvalue weighted by Crippen LogP contribution is -2.51. The second kappa shape index (κ2) is 11.5. The zero-order chi connectivity index (χ0) is 20.5. The number of halogens is 1. The maximum Gasteiger partial charge on any atom is 0.331 e. The minimum atomic E-state index is -2.02. The standard InChI is InChI=1S/C20H33IO5Si/c1-5-27(6-2,7-3)26-20(4,18(23)15-16(22)12-14-21)13-11-17-9-8-10-19(24)25-17/h8,10-14,16-18,22-23H,5-7,9,15H2,1-4H3/b13-11+,14-12-/t16-,17?,18?,20+/m0/s1. The maximum absolute atomic E-state index is 11.5. The summed E-state index contributed by atoms with van der Waals surface area (Å²) < 4.78 is 13.7. The molecule has 0 amide bonds. The summed E-state index contributed by atoms with van der Waals surface area (Å²) in [5, 5.41) is 21.0. The number of hydrogen-bond donors (Lipinski definition) is 2. The predicted octanol–water partition coefficient (Wildman–Crippen LogP) is 4.26. The van der Waals surface area contributed by atoms with Crippen LogP contribution in [0.2, 0.25) is 18.1 Å². The molecular weight excluding hydrogens is 475 g/mol. The highest BCUT2D eigenvalue weighted by Crippen LogP contribution is 2.33. The second-order valence-corrected chi connectivity index (χ2v) is 12.6. The van der Waals surface area contributed by atoms with Crippen molar-refractivity contribution < 1.29 is 24.2 Å². The molecule has 1 rings (SSSR count). The Labute approximate surface area is 177 Å². The first-order valence-corrected chi connectivity index (χ1v) is 13.4. The molecule has 0 fully saturated rings. The van der Waals surface area contributed by atoms with Gasteiger partial charge in [0.05, 0.1) is 17.8 Å². The number of ether oxygens (including phenoxy) is 1. The van der Waals surface area contributed by atoms with Gasteiger partial charge in [-0.3, -0.25) is 0 Å². The molecule has 0 saturated heterocycles. The van der Waals surface area contributed by atoms with Crippen molar-refractivity contribution in [2.24, 2.45) is 0 Å². The molecule has 0 aromatic heterocycles. The number of carbonyl (C=O) groups is 1. The van der Waals surface area contributed by atoms with Gasteiger partial charge in [0.25, 0.3) is 0 Å². The Morgan fingerprint density at radius 3 is 2.52 bits per heavy atom. The number of rotatable bonds is 11. The third kappa shape index (κ3) is 7.45. The fourth-order valence-electron chi connectivity index (χ4n) is 3.22. The van der Waals surface area contributed by atoms with Crippen molar-refractivity contribution in [3.8, 4) is 0 Å². The number of carbonyl (C=O) groups excluding carboxylic acids is 1. The number of hydrogen-bond acceptors (Lipinski definition) is 5. The number of aliphatic hydroxyl groups is 2. The van der Waals surface area contributed by atoms with Gasteiger partial charge in [-0.05, 0) is 35.2 Å². The van der Waals surface area contributed by atoms with E-state index in [0.717, 1.165) is 18.1 Å². The molecule has 1 aliphatic rings. The first-order chi connectivity index (χ1) is 12.7. The summed E-state index contributed by atoms with van der Waals surface area (Å²) in [5.74, 6) is -0.360. The van der Waals surface area contributed by atoms with E-state index in [1.54, 1.807) is 22.3 Å². The third-order valence-electron chi connectivity index (χ3n) is 5.32. The van der Waals surface area contributed by atoms with Gasteiger partial charge in [0.15, 0.2) is 8.32 Å². The first-order valence-electron chi connectivity index (χ1n) is 9.63. The molecule has 27 heavy (non-hydrogen) atoms. The summed E-state index contributed by atoms with van der Waals surface area (Å²) in [6, 6.07) is 2.86. The highest BCUT2D eigenvalue weighted by Gasteiger charge is 2.41. The van der Waals surface area contributed by atoms with Gasteiger partial charge in [-0.1, -0.05) is 61.6 Å². The lowest BCUT2D eigenvalue weighted by Gasteiger charge is -2.42. The highest BCUT2D eigenvalue weighted by atomic mass is 127. The topological polar surface area (TPSA) is 76.0 Å². The van der Waals surface area contributed by atoms with E-state index in [0.29, 0.717) is 6.42 Å². The van der Waals surface area contributed by atoms with Crippen molar-refractivity contribution in [2.75, 3.05) is 0 Å². The van der Waals surface area contributed by atoms with Crippen LogP contribution in [0.15, 0.2) is 34.5 Å². The van der Waals surface area contributed by atoms with E-state index in [1.165, 1.54) is 6.08 Å². The minimum absolute atomic E-state index is 0.173. The van der Waals surface area contributed by atoms with Crippen molar-refractivity contribution in [3.63, 3.8) is 0 Å². The average molecular weight is 508 g/mol. The normalized spacial score (nSPS) is 22.8. The molecular formula is C20H33IO5Si. The molecule has 2 unspecified atom stereocenters. The molecule has 0 aromatic carbocycles. The molecule has 0 radical (unpaired) electrons. The summed E-state index contributed by atoms with van der Waals surface area (Å²) in [6.07, 6.45) is 7.25. The molecule has 0 aliphatic carbocycles. The van der Waals surface area contributed by atoms with Crippen LogP contribution in [-0.2, 0) is 14.0 Å². The smallest absolute Gasteiger partial charge is 0.331 e. The van der Waals surface area contributed by atoms with Crippen LogP contribution in [0.3, 0.4) is 0 Å². The molecule has 5 nitrogen and oxygen atoms in total. The van der Waals surface area contributed by atoms with Crippen LogP contribution in [-0.4, -0.2) is 48.4 Å². The van der Waals surface area contributed by atoms with E-state index in [2.05, 4.69) is 20.8 Å². The highest BCUT2D eigenvalue weighted by molar-refractivity contribution is 14.1. The van der Waals surface area contributed by atoms with Gasteiger partial charge in [0.1, 0.15) is 6.10 Å². The Kier molecular flexibility index (Phi) is 10.5. The second-order valence-electron chi connectivity index (χ2n) is 7.14. The van der Waals surface area contributed by atoms with Crippen LogP contribution in [0.1, 0.15) is 40.5 Å². The maximum atomic E-state index is 11.5. The van der Waals surface area contributed by atoms with Gasteiger partial charge in [0, 0.05) is 18.9 Å². The van der Waals surface area contributed by atoms with E-state index >= 15 is 0 Å². The molecule has 1 heterocycles. The van der Waals surface area contributed by atoms with Crippen LogP contribution in [0.5, 0.6) is 0 Å². The molecule has 4 atom stereocenters. The van der Waals surface area contributed by atoms with Crippen LogP contribution in [0, 0.1) is 0 Å². The van der Waals surface area contributed by atoms with Crippen molar-refractivity contribution in [3.05, 3.63) is 34.5 Å². The average Bonchev–Trinajstić information content (AvgIpc) is 2.65. The number of aliphatic hydroxyl groups excluding tert-OH is 2. The molecule has 2 N–H and O–H groups in total. The first kappa shape index (κ1) is 24.6. The van der Waals surface area contributed by atoms with Gasteiger partial charge in [0.2, 0.25) is 0 Å². The van der Waals surface area contributed by atoms with Gasteiger partial charge in [-0.15, -0.1) is 0 Å². The molecule has 1 aliphatic heterocycles. The zero-order valence-corrected chi connectivity index (χ0v) is 19.9. The molecule has 0 saturated carbocycles. The van der Waals surface area contributed by atoms with Gasteiger partial charge in [-0.25, -0.2) is 4.79 Å². The zero-order valence-electron chi connectivity index (χ0n) is 16.7. The summed E-state index contributed by atoms with van der Waals surface area (Å²) in [5.41, 5.74) is -0.956. The van der Waals surface area contributed by atoms with Crippen LogP contribution >= 0.6 is 22.6 Å². The van der Waals surface area contributed by atoms with Crippen molar-refractivity contribution >= 4 is 36.9 Å². The van der Waals surface area contributed by atoms with E-state index in [9.17, 15) is 15.0 Å². The van der Waals surface area contributed by atoms with E-state index in [4.69, 9.17) is 9.16 Å². The number of cyclic esters (lactones) is 1. The number of esters is 1. The van der Waals surface area contributed by atoms with E-state index < -0.39 is 26.1 Å². The van der Waals surface area contributed by atoms with Gasteiger partial charge >= 0.3 is 5.97 Å². The monoisotopic (exact) mass is 508 g/mol. The lowest BCUT2D eigenvalue weighted by atomic mass is 9.93. The van der Waals surface area contributed by atoms with Crippen LogP contribution in [0.25, 0.3) is 0 Å². The Morgan fingerprint density at radius 2 is 2.00 bits per heavy atom. The van der Waals surface area contributed by atoms with Crippen molar-refractivity contribution in [2.45, 2.75) is 82.6 Å². The SMILES string of the molecule is CC[Si](CC)(CC)O[C@](C)(/C=C/C1CC=CC(=O)O1)C(O)C[C@@H](O)/C=C\I. The fraction of sp³-hybridized carbons (Fsp3) is 0.650. The summed E-state index contributed by atoms with van der Waals surface area (Å²) in [7, 11) is -2.02. The molecule has 0 aromatic rings. The largest absolute Gasteiger partial charge is 0.455 e. The summed E-state index contributed by atoms with van der Waals surface area (Å²) >= 11 is 2.04. The Bertz CT molecular complexity index is 550. The van der Waals surface area contributed by atoms with Crippen LogP contribution in [0.4, 0.5) is 0 Å². The molecule has 0 spiro atoms. The van der Waals surface area contributed by atoms with Crippen molar-refractivity contribution in [1.82, 2.24) is 0 Å². The predicted molar refractivity (Wildman–Crippen MR) is 119 cm³/mol. The Morgan fingerprint density at radius 1 is 1.37 bits per heavy atom. The lowest BCUT2D eigenvalue weighted by molar-refractivity contribution is -0.141. The summed E-state index contributed by atoms with van der Waals surface area (Å²) in [4.78, 5) is 11.5. The minimum Gasteiger partial charge on any atom is -0.455 e. The Balaban J connectivity index is 3.09. The molecule has 7 heteroatoms. The van der Waals surface area contributed by atoms with Gasteiger partial charge in [-0.2, -0.15) is 0 Å².